The summed E-state index contributed by atoms with van der Waals surface area (Å²) in [4.78, 5) is 0. The molecule has 0 amide bonds. The predicted octanol–water partition coefficient (Wildman–Crippen LogP) is 7.33. The highest BCUT2D eigenvalue weighted by molar-refractivity contribution is 5.39. The van der Waals surface area contributed by atoms with E-state index in [0.717, 1.165) is 36.5 Å². The van der Waals surface area contributed by atoms with Gasteiger partial charge in [0.25, 0.3) is 0 Å². The molecule has 0 aliphatic heterocycles. The molecular formula is C28H44O. The Morgan fingerprint density at radius 2 is 1.69 bits per heavy atom. The number of fused-ring (bicyclic) bond motifs is 5. The third kappa shape index (κ3) is 3.50. The number of aliphatic hydroxyl groups excluding tert-OH is 1. The minimum Gasteiger partial charge on any atom is -0.393 e. The van der Waals surface area contributed by atoms with Gasteiger partial charge in [0.2, 0.25) is 0 Å². The minimum absolute atomic E-state index is 0.116. The lowest BCUT2D eigenvalue weighted by atomic mass is 9.50. The zero-order valence-corrected chi connectivity index (χ0v) is 19.7. The summed E-state index contributed by atoms with van der Waals surface area (Å²) in [7, 11) is 0. The van der Waals surface area contributed by atoms with Crippen LogP contribution in [-0.4, -0.2) is 11.2 Å². The molecule has 4 rings (SSSR count). The highest BCUT2D eigenvalue weighted by atomic mass is 16.3. The van der Waals surface area contributed by atoms with Gasteiger partial charge in [-0.1, -0.05) is 77.0 Å². The van der Waals surface area contributed by atoms with E-state index in [1.165, 1.54) is 37.7 Å². The molecule has 0 saturated heterocycles. The van der Waals surface area contributed by atoms with Gasteiger partial charge in [-0.15, -0.1) is 0 Å². The average molecular weight is 397 g/mol. The Kier molecular flexibility index (Phi) is 5.69. The summed E-state index contributed by atoms with van der Waals surface area (Å²) in [5.41, 5.74) is 4.07. The minimum atomic E-state index is -0.116. The predicted molar refractivity (Wildman–Crippen MR) is 123 cm³/mol. The van der Waals surface area contributed by atoms with Crippen LogP contribution in [0, 0.1) is 46.3 Å². The Hall–Kier alpha value is -0.820. The molecule has 0 aromatic heterocycles. The van der Waals surface area contributed by atoms with Gasteiger partial charge in [-0.25, -0.2) is 0 Å². The quantitative estimate of drug-likeness (QED) is 0.493. The SMILES string of the molecule is CC(C)[C@@H](C)/C=C\[C@@H](C)[C@H]1CC[C@H]2C3=CC=C4C[C@@H](O)CC[C@]4(C)[C@H]3CC[C@]12C. The molecule has 0 spiro atoms. The highest BCUT2D eigenvalue weighted by Gasteiger charge is 2.56. The second kappa shape index (κ2) is 7.70. The molecule has 0 aromatic carbocycles. The molecule has 4 aliphatic rings. The third-order valence-corrected chi connectivity index (χ3v) is 10.0. The smallest absolute Gasteiger partial charge is 0.0578 e. The first-order valence-corrected chi connectivity index (χ1v) is 12.4. The van der Waals surface area contributed by atoms with Crippen LogP contribution in [-0.2, 0) is 0 Å². The molecule has 1 nitrogen and oxygen atoms in total. The molecule has 29 heavy (non-hydrogen) atoms. The maximum atomic E-state index is 10.2. The van der Waals surface area contributed by atoms with Crippen molar-refractivity contribution in [3.8, 4) is 0 Å². The molecule has 162 valence electrons. The van der Waals surface area contributed by atoms with Crippen molar-refractivity contribution in [2.75, 3.05) is 0 Å². The van der Waals surface area contributed by atoms with Crippen LogP contribution >= 0.6 is 0 Å². The lowest BCUT2D eigenvalue weighted by molar-refractivity contribution is 0.0382. The number of rotatable bonds is 4. The maximum Gasteiger partial charge on any atom is 0.0578 e. The molecule has 4 aliphatic carbocycles. The van der Waals surface area contributed by atoms with Crippen LogP contribution in [0.15, 0.2) is 35.5 Å². The first-order chi connectivity index (χ1) is 13.7. The Morgan fingerprint density at radius 3 is 2.41 bits per heavy atom. The molecule has 0 radical (unpaired) electrons. The molecule has 0 heterocycles. The van der Waals surface area contributed by atoms with E-state index >= 15 is 0 Å². The molecule has 8 atom stereocenters. The van der Waals surface area contributed by atoms with Gasteiger partial charge >= 0.3 is 0 Å². The van der Waals surface area contributed by atoms with Gasteiger partial charge in [0, 0.05) is 0 Å². The van der Waals surface area contributed by atoms with Crippen molar-refractivity contribution in [1.29, 1.82) is 0 Å². The van der Waals surface area contributed by atoms with E-state index in [2.05, 4.69) is 65.8 Å². The Balaban J connectivity index is 1.57. The monoisotopic (exact) mass is 396 g/mol. The Bertz CT molecular complexity index is 712. The fraction of sp³-hybridized carbons (Fsp3) is 0.786. The van der Waals surface area contributed by atoms with Gasteiger partial charge < -0.3 is 5.11 Å². The highest BCUT2D eigenvalue weighted by Crippen LogP contribution is 2.65. The normalized spacial score (nSPS) is 44.0. The topological polar surface area (TPSA) is 20.2 Å². The second-order valence-electron chi connectivity index (χ2n) is 11.9. The summed E-state index contributed by atoms with van der Waals surface area (Å²) in [5.74, 6) is 4.38. The first-order valence-electron chi connectivity index (χ1n) is 12.4. The summed E-state index contributed by atoms with van der Waals surface area (Å²) in [6.45, 7) is 14.6. The Labute approximate surface area is 179 Å². The summed E-state index contributed by atoms with van der Waals surface area (Å²) in [6, 6.07) is 0. The molecule has 1 heteroatoms. The van der Waals surface area contributed by atoms with Crippen LogP contribution in [0.5, 0.6) is 0 Å². The van der Waals surface area contributed by atoms with Crippen LogP contribution < -0.4 is 0 Å². The molecule has 3 fully saturated rings. The number of allylic oxidation sites excluding steroid dienone is 5. The molecule has 3 saturated carbocycles. The van der Waals surface area contributed by atoms with Crippen LogP contribution in [0.2, 0.25) is 0 Å². The van der Waals surface area contributed by atoms with E-state index in [1.807, 2.05) is 0 Å². The summed E-state index contributed by atoms with van der Waals surface area (Å²) < 4.78 is 0. The van der Waals surface area contributed by atoms with E-state index in [9.17, 15) is 5.11 Å². The summed E-state index contributed by atoms with van der Waals surface area (Å²) >= 11 is 0. The van der Waals surface area contributed by atoms with Crippen molar-refractivity contribution in [3.63, 3.8) is 0 Å². The second-order valence-corrected chi connectivity index (χ2v) is 11.9. The summed E-state index contributed by atoms with van der Waals surface area (Å²) in [5, 5.41) is 10.2. The zero-order valence-electron chi connectivity index (χ0n) is 19.7. The molecule has 0 bridgehead atoms. The third-order valence-electron chi connectivity index (χ3n) is 10.0. The average Bonchev–Trinajstić information content (AvgIpc) is 3.03. The van der Waals surface area contributed by atoms with Gasteiger partial charge in [0.15, 0.2) is 0 Å². The van der Waals surface area contributed by atoms with Crippen molar-refractivity contribution in [3.05, 3.63) is 35.5 Å². The van der Waals surface area contributed by atoms with Crippen molar-refractivity contribution in [2.45, 2.75) is 92.6 Å². The number of hydrogen-bond donors (Lipinski definition) is 1. The molecule has 0 aromatic rings. The molecular weight excluding hydrogens is 352 g/mol. The lowest BCUT2D eigenvalue weighted by Crippen LogP contribution is -2.46. The van der Waals surface area contributed by atoms with Crippen molar-refractivity contribution in [2.24, 2.45) is 46.3 Å². The van der Waals surface area contributed by atoms with Gasteiger partial charge in [-0.3, -0.25) is 0 Å². The van der Waals surface area contributed by atoms with Crippen LogP contribution in [0.1, 0.15) is 86.5 Å². The fourth-order valence-corrected chi connectivity index (χ4v) is 7.59. The van der Waals surface area contributed by atoms with Gasteiger partial charge in [-0.2, -0.15) is 0 Å². The number of aliphatic hydroxyl groups is 1. The summed E-state index contributed by atoms with van der Waals surface area (Å²) in [6.07, 6.45) is 18.4. The first kappa shape index (κ1) is 21.4. The van der Waals surface area contributed by atoms with Crippen molar-refractivity contribution in [1.82, 2.24) is 0 Å². The molecule has 0 unspecified atom stereocenters. The van der Waals surface area contributed by atoms with Gasteiger partial charge in [0.1, 0.15) is 0 Å². The van der Waals surface area contributed by atoms with Crippen LogP contribution in [0.4, 0.5) is 0 Å². The van der Waals surface area contributed by atoms with E-state index < -0.39 is 0 Å². The van der Waals surface area contributed by atoms with Crippen molar-refractivity contribution >= 4 is 0 Å². The standard InChI is InChI=1S/C28H44O/c1-18(2)19(3)7-8-20(4)24-11-12-25-23-10-9-21-17-22(29)13-15-27(21,5)26(23)14-16-28(24,25)6/h7-10,18-20,22,24-26,29H,11-17H2,1-6H3/b8-7-/t19-,20+,22-,24+,25-,26-,27-,28+/m0/s1. The van der Waals surface area contributed by atoms with Crippen LogP contribution in [0.25, 0.3) is 0 Å². The zero-order chi connectivity index (χ0) is 21.0. The van der Waals surface area contributed by atoms with Gasteiger partial charge in [-0.05, 0) is 91.3 Å². The molecule has 1 N–H and O–H groups in total. The lowest BCUT2D eigenvalue weighted by Gasteiger charge is -2.55. The van der Waals surface area contributed by atoms with E-state index in [0.29, 0.717) is 22.7 Å². The Morgan fingerprint density at radius 1 is 0.931 bits per heavy atom. The van der Waals surface area contributed by atoms with Crippen molar-refractivity contribution < 1.29 is 5.11 Å². The number of hydrogen-bond acceptors (Lipinski definition) is 1. The van der Waals surface area contributed by atoms with Crippen LogP contribution in [0.3, 0.4) is 0 Å². The van der Waals surface area contributed by atoms with E-state index in [1.54, 1.807) is 5.57 Å². The van der Waals surface area contributed by atoms with E-state index in [-0.39, 0.29) is 6.10 Å². The maximum absolute atomic E-state index is 10.2. The fourth-order valence-electron chi connectivity index (χ4n) is 7.59. The van der Waals surface area contributed by atoms with Gasteiger partial charge in [0.05, 0.1) is 6.10 Å². The largest absolute Gasteiger partial charge is 0.393 e. The van der Waals surface area contributed by atoms with E-state index in [4.69, 9.17) is 0 Å².